The molecule has 2 aromatic carbocycles. The molecule has 6 nitrogen and oxygen atoms in total. The van der Waals surface area contributed by atoms with Crippen molar-refractivity contribution in [1.82, 2.24) is 5.16 Å². The summed E-state index contributed by atoms with van der Waals surface area (Å²) in [6.45, 7) is 4.51. The van der Waals surface area contributed by atoms with Crippen LogP contribution in [0, 0.1) is 13.8 Å². The number of ether oxygens (including phenoxy) is 1. The number of nitrogens with two attached hydrogens (primary N) is 1. The molecule has 3 aromatic rings. The summed E-state index contributed by atoms with van der Waals surface area (Å²) in [5.74, 6) is 2.77. The minimum atomic E-state index is 0.380. The monoisotopic (exact) mass is 364 g/mol. The first kappa shape index (κ1) is 18.5. The molecule has 27 heavy (non-hydrogen) atoms. The number of hydrogen-bond donors (Lipinski definition) is 2. The number of aliphatic imine (C=N–C) groups is 1. The van der Waals surface area contributed by atoms with Gasteiger partial charge in [-0.15, -0.1) is 0 Å². The topological polar surface area (TPSA) is 85.7 Å². The number of anilines is 1. The van der Waals surface area contributed by atoms with Crippen molar-refractivity contribution in [3.8, 4) is 11.5 Å². The Morgan fingerprint density at radius 1 is 1.11 bits per heavy atom. The quantitative estimate of drug-likeness (QED) is 0.368. The Bertz CT molecular complexity index is 884. The highest BCUT2D eigenvalue weighted by molar-refractivity contribution is 5.92. The molecule has 1 aromatic heterocycles. The number of benzene rings is 2. The average Bonchev–Trinajstić information content (AvgIpc) is 2.98. The summed E-state index contributed by atoms with van der Waals surface area (Å²) in [5.41, 5.74) is 8.92. The number of aromatic nitrogens is 1. The average molecular weight is 364 g/mol. The maximum Gasteiger partial charge on any atom is 0.193 e. The molecule has 0 spiro atoms. The summed E-state index contributed by atoms with van der Waals surface area (Å²) in [6, 6.07) is 17.3. The normalized spacial score (nSPS) is 11.4. The number of hydrogen-bond acceptors (Lipinski definition) is 4. The van der Waals surface area contributed by atoms with E-state index in [-0.39, 0.29) is 0 Å². The van der Waals surface area contributed by atoms with Gasteiger partial charge >= 0.3 is 0 Å². The van der Waals surface area contributed by atoms with Crippen molar-refractivity contribution in [2.24, 2.45) is 10.7 Å². The molecule has 0 aliphatic rings. The van der Waals surface area contributed by atoms with Crippen molar-refractivity contribution >= 4 is 11.6 Å². The van der Waals surface area contributed by atoms with E-state index in [9.17, 15) is 0 Å². The van der Waals surface area contributed by atoms with Gasteiger partial charge in [-0.25, -0.2) is 0 Å². The lowest BCUT2D eigenvalue weighted by Gasteiger charge is -2.09. The zero-order valence-corrected chi connectivity index (χ0v) is 15.6. The SMILES string of the molecule is Cc1noc(C)c1CCCN=C(N)Nc1cccc(Oc2ccccc2)c1. The van der Waals surface area contributed by atoms with E-state index in [1.807, 2.05) is 68.4 Å². The molecule has 0 radical (unpaired) electrons. The summed E-state index contributed by atoms with van der Waals surface area (Å²) >= 11 is 0. The summed E-state index contributed by atoms with van der Waals surface area (Å²) in [7, 11) is 0. The van der Waals surface area contributed by atoms with Gasteiger partial charge in [0.15, 0.2) is 5.96 Å². The second kappa shape index (κ2) is 8.89. The molecule has 0 unspecified atom stereocenters. The fourth-order valence-electron chi connectivity index (χ4n) is 2.76. The third-order valence-corrected chi connectivity index (χ3v) is 4.13. The summed E-state index contributed by atoms with van der Waals surface area (Å²) in [6.07, 6.45) is 1.75. The Kier molecular flexibility index (Phi) is 6.10. The predicted molar refractivity (Wildman–Crippen MR) is 107 cm³/mol. The number of nitrogens with one attached hydrogen (secondary N) is 1. The van der Waals surface area contributed by atoms with E-state index < -0.39 is 0 Å². The van der Waals surface area contributed by atoms with Crippen LogP contribution in [-0.4, -0.2) is 17.7 Å². The van der Waals surface area contributed by atoms with Crippen LogP contribution in [0.5, 0.6) is 11.5 Å². The van der Waals surface area contributed by atoms with E-state index in [1.54, 1.807) is 0 Å². The van der Waals surface area contributed by atoms with E-state index in [0.717, 1.165) is 47.0 Å². The number of nitrogens with zero attached hydrogens (tertiary/aromatic N) is 2. The minimum absolute atomic E-state index is 0.380. The molecule has 140 valence electrons. The zero-order valence-electron chi connectivity index (χ0n) is 15.6. The van der Waals surface area contributed by atoms with Gasteiger partial charge in [0.05, 0.1) is 5.69 Å². The van der Waals surface area contributed by atoms with E-state index in [4.69, 9.17) is 15.0 Å². The van der Waals surface area contributed by atoms with Crippen LogP contribution >= 0.6 is 0 Å². The third kappa shape index (κ3) is 5.34. The van der Waals surface area contributed by atoms with Crippen LogP contribution in [-0.2, 0) is 6.42 Å². The molecule has 0 aliphatic carbocycles. The zero-order chi connectivity index (χ0) is 19.1. The van der Waals surface area contributed by atoms with Crippen LogP contribution < -0.4 is 15.8 Å². The van der Waals surface area contributed by atoms with Gasteiger partial charge in [-0.2, -0.15) is 0 Å². The van der Waals surface area contributed by atoms with Gasteiger partial charge in [-0.3, -0.25) is 4.99 Å². The van der Waals surface area contributed by atoms with Gasteiger partial charge in [0.2, 0.25) is 0 Å². The van der Waals surface area contributed by atoms with Crippen LogP contribution in [0.4, 0.5) is 5.69 Å². The fourth-order valence-corrected chi connectivity index (χ4v) is 2.76. The Labute approximate surface area is 159 Å². The van der Waals surface area contributed by atoms with E-state index in [0.29, 0.717) is 12.5 Å². The van der Waals surface area contributed by atoms with E-state index in [1.165, 1.54) is 0 Å². The van der Waals surface area contributed by atoms with E-state index >= 15 is 0 Å². The second-order valence-electron chi connectivity index (χ2n) is 6.24. The Hall–Kier alpha value is -3.28. The Morgan fingerprint density at radius 2 is 1.89 bits per heavy atom. The molecule has 0 saturated heterocycles. The smallest absolute Gasteiger partial charge is 0.193 e. The summed E-state index contributed by atoms with van der Waals surface area (Å²) < 4.78 is 11.0. The van der Waals surface area contributed by atoms with Crippen molar-refractivity contribution in [3.63, 3.8) is 0 Å². The minimum Gasteiger partial charge on any atom is -0.457 e. The lowest BCUT2D eigenvalue weighted by atomic mass is 10.1. The van der Waals surface area contributed by atoms with Crippen molar-refractivity contribution in [1.29, 1.82) is 0 Å². The molecule has 0 atom stereocenters. The van der Waals surface area contributed by atoms with E-state index in [2.05, 4.69) is 15.5 Å². The molecular formula is C21H24N4O2. The number of aryl methyl sites for hydroxylation is 2. The molecule has 6 heteroatoms. The van der Waals surface area contributed by atoms with Crippen LogP contribution in [0.25, 0.3) is 0 Å². The van der Waals surface area contributed by atoms with Crippen molar-refractivity contribution in [3.05, 3.63) is 71.6 Å². The van der Waals surface area contributed by atoms with Crippen LogP contribution in [0.1, 0.15) is 23.4 Å². The maximum absolute atomic E-state index is 5.99. The predicted octanol–water partition coefficient (Wildman–Crippen LogP) is 4.44. The fraction of sp³-hybridized carbons (Fsp3) is 0.238. The lowest BCUT2D eigenvalue weighted by molar-refractivity contribution is 0.392. The third-order valence-electron chi connectivity index (χ3n) is 4.13. The molecular weight excluding hydrogens is 340 g/mol. The standard InChI is InChI=1S/C21H24N4O2/c1-15-20(16(2)27-25-15)12-7-13-23-21(22)24-17-8-6-11-19(14-17)26-18-9-4-3-5-10-18/h3-6,8-11,14H,7,12-13H2,1-2H3,(H3,22,23,24). The molecule has 3 N–H and O–H groups in total. The number of rotatable bonds is 7. The van der Waals surface area contributed by atoms with Gasteiger partial charge in [0, 0.05) is 23.9 Å². The molecule has 0 fully saturated rings. The first-order chi connectivity index (χ1) is 13.1. The first-order valence-electron chi connectivity index (χ1n) is 8.93. The highest BCUT2D eigenvalue weighted by Gasteiger charge is 2.07. The number of guanidine groups is 1. The maximum atomic E-state index is 5.99. The second-order valence-corrected chi connectivity index (χ2v) is 6.24. The summed E-state index contributed by atoms with van der Waals surface area (Å²) in [5, 5.41) is 7.07. The molecule has 0 bridgehead atoms. The van der Waals surface area contributed by atoms with Gasteiger partial charge in [-0.05, 0) is 51.0 Å². The highest BCUT2D eigenvalue weighted by atomic mass is 16.5. The van der Waals surface area contributed by atoms with Crippen LogP contribution in [0.2, 0.25) is 0 Å². The van der Waals surface area contributed by atoms with Crippen molar-refractivity contribution in [2.75, 3.05) is 11.9 Å². The van der Waals surface area contributed by atoms with Crippen LogP contribution in [0.15, 0.2) is 64.1 Å². The van der Waals surface area contributed by atoms with Gasteiger partial charge < -0.3 is 20.3 Å². The molecule has 0 aliphatic heterocycles. The largest absolute Gasteiger partial charge is 0.457 e. The Balaban J connectivity index is 1.52. The molecule has 0 saturated carbocycles. The summed E-state index contributed by atoms with van der Waals surface area (Å²) in [4.78, 5) is 4.38. The molecule has 0 amide bonds. The van der Waals surface area contributed by atoms with Crippen LogP contribution in [0.3, 0.4) is 0 Å². The highest BCUT2D eigenvalue weighted by Crippen LogP contribution is 2.23. The number of para-hydroxylation sites is 1. The van der Waals surface area contributed by atoms with Crippen molar-refractivity contribution in [2.45, 2.75) is 26.7 Å². The van der Waals surface area contributed by atoms with Gasteiger partial charge in [0.1, 0.15) is 17.3 Å². The Morgan fingerprint density at radius 3 is 2.63 bits per heavy atom. The lowest BCUT2D eigenvalue weighted by Crippen LogP contribution is -2.22. The van der Waals surface area contributed by atoms with Gasteiger partial charge in [0.25, 0.3) is 0 Å². The molecule has 1 heterocycles. The van der Waals surface area contributed by atoms with Gasteiger partial charge in [-0.1, -0.05) is 29.4 Å². The van der Waals surface area contributed by atoms with Crippen molar-refractivity contribution < 1.29 is 9.26 Å². The first-order valence-corrected chi connectivity index (χ1v) is 8.93. The molecule has 3 rings (SSSR count).